The van der Waals surface area contributed by atoms with Gasteiger partial charge in [-0.15, -0.1) is 0 Å². The second kappa shape index (κ2) is 5.41. The van der Waals surface area contributed by atoms with Crippen molar-refractivity contribution in [2.45, 2.75) is 37.7 Å². The van der Waals surface area contributed by atoms with Crippen LogP contribution in [0.3, 0.4) is 0 Å². The monoisotopic (exact) mass is 321 g/mol. The summed E-state index contributed by atoms with van der Waals surface area (Å²) in [5.74, 6) is 0. The minimum Gasteiger partial charge on any atom is -0.438 e. The Morgan fingerprint density at radius 3 is 2.71 bits per heavy atom. The van der Waals surface area contributed by atoms with Crippen molar-refractivity contribution in [3.8, 4) is 17.3 Å². The maximum Gasteiger partial charge on any atom is 0.412 e. The number of carbonyl (C=O) groups is 1. The molecule has 2 aliphatic rings. The summed E-state index contributed by atoms with van der Waals surface area (Å²) in [7, 11) is 1.89. The number of nitrogens with one attached hydrogen (secondary N) is 1. The minimum absolute atomic E-state index is 0.359. The van der Waals surface area contributed by atoms with Crippen molar-refractivity contribution >= 4 is 11.8 Å². The summed E-state index contributed by atoms with van der Waals surface area (Å²) < 4.78 is 7.67. The van der Waals surface area contributed by atoms with E-state index in [0.717, 1.165) is 48.2 Å². The van der Waals surface area contributed by atoms with Gasteiger partial charge in [0.2, 0.25) is 0 Å². The third kappa shape index (κ3) is 2.18. The quantitative estimate of drug-likeness (QED) is 0.852. The Hall–Kier alpha value is -2.74. The molecule has 0 radical (unpaired) electrons. The van der Waals surface area contributed by atoms with Crippen LogP contribution in [0.1, 0.15) is 43.4 Å². The molecule has 1 amide bonds. The molecule has 2 aromatic rings. The van der Waals surface area contributed by atoms with Gasteiger partial charge in [-0.3, -0.25) is 5.32 Å². The van der Waals surface area contributed by atoms with Crippen LogP contribution < -0.4 is 5.32 Å². The average molecular weight is 321 g/mol. The van der Waals surface area contributed by atoms with Gasteiger partial charge >= 0.3 is 6.09 Å². The van der Waals surface area contributed by atoms with Crippen LogP contribution in [0.2, 0.25) is 0 Å². The fourth-order valence-electron chi connectivity index (χ4n) is 3.97. The lowest BCUT2D eigenvalue weighted by atomic mass is 9.77. The first-order chi connectivity index (χ1) is 11.6. The molecule has 1 aliphatic heterocycles. The fraction of sp³-hybridized carbons (Fsp3) is 0.368. The summed E-state index contributed by atoms with van der Waals surface area (Å²) in [6.07, 6.45) is 4.70. The molecule has 2 heterocycles. The fourth-order valence-corrected chi connectivity index (χ4v) is 3.97. The van der Waals surface area contributed by atoms with E-state index in [1.54, 1.807) is 0 Å². The molecule has 122 valence electrons. The van der Waals surface area contributed by atoms with Crippen LogP contribution in [0.5, 0.6) is 0 Å². The molecule has 1 N–H and O–H groups in total. The van der Waals surface area contributed by atoms with E-state index in [1.165, 1.54) is 6.42 Å². The second-order valence-corrected chi connectivity index (χ2v) is 6.60. The summed E-state index contributed by atoms with van der Waals surface area (Å²) >= 11 is 0. The molecule has 1 fully saturated rings. The first kappa shape index (κ1) is 14.8. The number of ether oxygens (including phenoxy) is 1. The number of amides is 1. The molecule has 24 heavy (non-hydrogen) atoms. The lowest BCUT2D eigenvalue weighted by Crippen LogP contribution is -2.41. The molecule has 1 saturated carbocycles. The standard InChI is InChI=1S/C19H19N3O2/c1-22-14(12-20)6-8-17(22)13-5-7-16-15(11-13)19(24-18(23)21-16)9-3-2-4-10-19/h5-8,11H,2-4,9-10H2,1H3,(H,21,23). The van der Waals surface area contributed by atoms with Gasteiger partial charge in [-0.1, -0.05) is 12.5 Å². The maximum absolute atomic E-state index is 12.0. The van der Waals surface area contributed by atoms with Crippen molar-refractivity contribution in [2.75, 3.05) is 5.32 Å². The number of nitriles is 1. The number of benzene rings is 1. The van der Waals surface area contributed by atoms with Crippen molar-refractivity contribution < 1.29 is 9.53 Å². The Labute approximate surface area is 140 Å². The first-order valence-corrected chi connectivity index (χ1v) is 8.34. The zero-order chi connectivity index (χ0) is 16.7. The molecule has 1 aliphatic carbocycles. The Morgan fingerprint density at radius 1 is 1.21 bits per heavy atom. The van der Waals surface area contributed by atoms with Gasteiger partial charge in [0.15, 0.2) is 0 Å². The number of rotatable bonds is 1. The van der Waals surface area contributed by atoms with Gasteiger partial charge in [0.25, 0.3) is 0 Å². The topological polar surface area (TPSA) is 67.0 Å². The van der Waals surface area contributed by atoms with Gasteiger partial charge in [0, 0.05) is 18.3 Å². The zero-order valence-corrected chi connectivity index (χ0v) is 13.6. The van der Waals surface area contributed by atoms with Gasteiger partial charge in [-0.2, -0.15) is 5.26 Å². The van der Waals surface area contributed by atoms with E-state index in [2.05, 4.69) is 17.5 Å². The van der Waals surface area contributed by atoms with Gasteiger partial charge in [-0.05, 0) is 55.5 Å². The zero-order valence-electron chi connectivity index (χ0n) is 13.6. The van der Waals surface area contributed by atoms with Gasteiger partial charge in [0.05, 0.1) is 5.69 Å². The van der Waals surface area contributed by atoms with Crippen LogP contribution in [0, 0.1) is 11.3 Å². The molecule has 5 nitrogen and oxygen atoms in total. The Balaban J connectivity index is 1.84. The largest absolute Gasteiger partial charge is 0.438 e. The number of aromatic nitrogens is 1. The molecule has 0 atom stereocenters. The van der Waals surface area contributed by atoms with Crippen LogP contribution >= 0.6 is 0 Å². The van der Waals surface area contributed by atoms with Gasteiger partial charge < -0.3 is 9.30 Å². The summed E-state index contributed by atoms with van der Waals surface area (Å²) in [5.41, 5.74) is 4.03. The van der Waals surface area contributed by atoms with Crippen molar-refractivity contribution in [3.63, 3.8) is 0 Å². The second-order valence-electron chi connectivity index (χ2n) is 6.60. The maximum atomic E-state index is 12.0. The summed E-state index contributed by atoms with van der Waals surface area (Å²) in [6.45, 7) is 0. The Morgan fingerprint density at radius 2 is 2.00 bits per heavy atom. The molecular formula is C19H19N3O2. The van der Waals surface area contributed by atoms with Crippen molar-refractivity contribution in [3.05, 3.63) is 41.6 Å². The highest BCUT2D eigenvalue weighted by Crippen LogP contribution is 2.47. The summed E-state index contributed by atoms with van der Waals surface area (Å²) in [5, 5.41) is 12.0. The number of nitrogens with zero attached hydrogens (tertiary/aromatic N) is 2. The number of hydrogen-bond acceptors (Lipinski definition) is 3. The molecule has 4 rings (SSSR count). The number of hydrogen-bond donors (Lipinski definition) is 1. The first-order valence-electron chi connectivity index (χ1n) is 8.34. The lowest BCUT2D eigenvalue weighted by Gasteiger charge is -2.41. The van der Waals surface area contributed by atoms with Crippen LogP contribution in [-0.2, 0) is 17.4 Å². The normalized spacial score (nSPS) is 18.4. The predicted molar refractivity (Wildman–Crippen MR) is 90.4 cm³/mol. The Bertz CT molecular complexity index is 854. The average Bonchev–Trinajstić information content (AvgIpc) is 2.96. The van der Waals surface area contributed by atoms with Crippen LogP contribution in [0.15, 0.2) is 30.3 Å². The van der Waals surface area contributed by atoms with Crippen molar-refractivity contribution in [2.24, 2.45) is 7.05 Å². The van der Waals surface area contributed by atoms with Crippen LogP contribution in [-0.4, -0.2) is 10.7 Å². The number of anilines is 1. The highest BCUT2D eigenvalue weighted by molar-refractivity contribution is 5.89. The molecule has 5 heteroatoms. The Kier molecular flexibility index (Phi) is 3.34. The van der Waals surface area contributed by atoms with Gasteiger partial charge in [0.1, 0.15) is 17.4 Å². The lowest BCUT2D eigenvalue weighted by molar-refractivity contribution is -0.0179. The minimum atomic E-state index is -0.505. The van der Waals surface area contributed by atoms with Crippen LogP contribution in [0.25, 0.3) is 11.3 Å². The molecule has 1 spiro atoms. The molecule has 1 aromatic heterocycles. The molecule has 1 aromatic carbocycles. The van der Waals surface area contributed by atoms with Crippen LogP contribution in [0.4, 0.5) is 10.5 Å². The van der Waals surface area contributed by atoms with E-state index in [1.807, 2.05) is 35.9 Å². The van der Waals surface area contributed by atoms with E-state index in [4.69, 9.17) is 10.00 Å². The third-order valence-electron chi connectivity index (χ3n) is 5.23. The highest BCUT2D eigenvalue weighted by atomic mass is 16.6. The van der Waals surface area contributed by atoms with E-state index in [9.17, 15) is 4.79 Å². The van der Waals surface area contributed by atoms with E-state index >= 15 is 0 Å². The van der Waals surface area contributed by atoms with E-state index < -0.39 is 5.60 Å². The predicted octanol–water partition coefficient (Wildman–Crippen LogP) is 4.29. The third-order valence-corrected chi connectivity index (χ3v) is 5.23. The molecule has 0 unspecified atom stereocenters. The van der Waals surface area contributed by atoms with Gasteiger partial charge in [-0.25, -0.2) is 4.79 Å². The number of carbonyl (C=O) groups excluding carboxylic acids is 1. The smallest absolute Gasteiger partial charge is 0.412 e. The highest BCUT2D eigenvalue weighted by Gasteiger charge is 2.42. The van der Waals surface area contributed by atoms with E-state index in [-0.39, 0.29) is 6.09 Å². The SMILES string of the molecule is Cn1c(C#N)ccc1-c1ccc2c(c1)C1(CCCCC1)OC(=O)N2. The summed E-state index contributed by atoms with van der Waals surface area (Å²) in [6, 6.07) is 12.0. The molecule has 0 bridgehead atoms. The molecule has 0 saturated heterocycles. The number of fused-ring (bicyclic) bond motifs is 2. The van der Waals surface area contributed by atoms with Crippen molar-refractivity contribution in [1.82, 2.24) is 4.57 Å². The summed E-state index contributed by atoms with van der Waals surface area (Å²) in [4.78, 5) is 12.0. The van der Waals surface area contributed by atoms with Crippen molar-refractivity contribution in [1.29, 1.82) is 5.26 Å². The molecular weight excluding hydrogens is 302 g/mol. The van der Waals surface area contributed by atoms with E-state index in [0.29, 0.717) is 5.69 Å².